The number of hydrogen-bond donors (Lipinski definition) is 1. The first-order valence-corrected chi connectivity index (χ1v) is 5.75. The van der Waals surface area contributed by atoms with Gasteiger partial charge in [0.05, 0.1) is 6.54 Å². The average molecular weight is 206 g/mol. The fourth-order valence-corrected chi connectivity index (χ4v) is 2.30. The Labute approximate surface area is 88.7 Å². The van der Waals surface area contributed by atoms with Crippen molar-refractivity contribution in [2.75, 3.05) is 19.6 Å². The lowest BCUT2D eigenvalue weighted by molar-refractivity contribution is 0.174. The minimum atomic E-state index is 0.442. The molecule has 2 heterocycles. The highest BCUT2D eigenvalue weighted by molar-refractivity contribution is 7.10. The Bertz CT molecular complexity index is 355. The molecule has 0 aromatic carbocycles. The van der Waals surface area contributed by atoms with E-state index in [0.717, 1.165) is 12.1 Å². The smallest absolute Gasteiger partial charge is 0.0555 e. The van der Waals surface area contributed by atoms with Gasteiger partial charge in [0.15, 0.2) is 0 Å². The predicted molar refractivity (Wildman–Crippen MR) is 60.1 cm³/mol. The SMILES string of the molecule is NCC#Cc1csc(CN2CCC2)c1. The first-order chi connectivity index (χ1) is 6.88. The van der Waals surface area contributed by atoms with Crippen LogP contribution < -0.4 is 5.73 Å². The molecule has 0 atom stereocenters. The van der Waals surface area contributed by atoms with Gasteiger partial charge in [-0.3, -0.25) is 4.90 Å². The molecule has 1 fully saturated rings. The van der Waals surface area contributed by atoms with Crippen LogP contribution in [0.1, 0.15) is 16.9 Å². The molecule has 74 valence electrons. The highest BCUT2D eigenvalue weighted by Gasteiger charge is 2.14. The third-order valence-corrected chi connectivity index (χ3v) is 3.24. The number of rotatable bonds is 2. The predicted octanol–water partition coefficient (Wildman–Crippen LogP) is 1.26. The molecule has 2 rings (SSSR count). The minimum absolute atomic E-state index is 0.442. The van der Waals surface area contributed by atoms with E-state index in [0.29, 0.717) is 6.54 Å². The maximum atomic E-state index is 5.32. The first-order valence-electron chi connectivity index (χ1n) is 4.87. The van der Waals surface area contributed by atoms with Crippen molar-refractivity contribution in [2.24, 2.45) is 5.73 Å². The van der Waals surface area contributed by atoms with Gasteiger partial charge in [0, 0.05) is 22.4 Å². The lowest BCUT2D eigenvalue weighted by Crippen LogP contribution is -2.35. The summed E-state index contributed by atoms with van der Waals surface area (Å²) in [7, 11) is 0. The molecular formula is C11H14N2S. The molecule has 0 unspecified atom stereocenters. The van der Waals surface area contributed by atoms with E-state index in [1.807, 2.05) is 0 Å². The lowest BCUT2D eigenvalue weighted by Gasteiger charge is -2.29. The summed E-state index contributed by atoms with van der Waals surface area (Å²) in [5.74, 6) is 5.92. The molecule has 0 radical (unpaired) electrons. The number of nitrogens with two attached hydrogens (primary N) is 1. The summed E-state index contributed by atoms with van der Waals surface area (Å²) >= 11 is 1.79. The summed E-state index contributed by atoms with van der Waals surface area (Å²) in [6.07, 6.45) is 1.35. The van der Waals surface area contributed by atoms with Crippen molar-refractivity contribution in [3.63, 3.8) is 0 Å². The van der Waals surface area contributed by atoms with Crippen LogP contribution in [-0.4, -0.2) is 24.5 Å². The van der Waals surface area contributed by atoms with E-state index in [1.54, 1.807) is 11.3 Å². The van der Waals surface area contributed by atoms with E-state index in [9.17, 15) is 0 Å². The van der Waals surface area contributed by atoms with E-state index >= 15 is 0 Å². The maximum absolute atomic E-state index is 5.32. The van der Waals surface area contributed by atoms with Crippen molar-refractivity contribution in [1.29, 1.82) is 0 Å². The molecule has 2 nitrogen and oxygen atoms in total. The molecule has 0 amide bonds. The highest BCUT2D eigenvalue weighted by atomic mass is 32.1. The summed E-state index contributed by atoms with van der Waals surface area (Å²) in [6.45, 7) is 4.04. The third-order valence-electron chi connectivity index (χ3n) is 2.32. The van der Waals surface area contributed by atoms with Gasteiger partial charge in [-0.25, -0.2) is 0 Å². The Morgan fingerprint density at radius 3 is 3.00 bits per heavy atom. The van der Waals surface area contributed by atoms with Crippen LogP contribution in [0.3, 0.4) is 0 Å². The van der Waals surface area contributed by atoms with Crippen LogP contribution >= 0.6 is 11.3 Å². The van der Waals surface area contributed by atoms with Crippen LogP contribution in [0, 0.1) is 11.8 Å². The van der Waals surface area contributed by atoms with Crippen molar-refractivity contribution in [1.82, 2.24) is 4.90 Å². The maximum Gasteiger partial charge on any atom is 0.0555 e. The second kappa shape index (κ2) is 4.61. The van der Waals surface area contributed by atoms with E-state index in [4.69, 9.17) is 5.73 Å². The topological polar surface area (TPSA) is 29.3 Å². The van der Waals surface area contributed by atoms with E-state index in [-0.39, 0.29) is 0 Å². The van der Waals surface area contributed by atoms with Crippen molar-refractivity contribution < 1.29 is 0 Å². The van der Waals surface area contributed by atoms with Gasteiger partial charge in [0.1, 0.15) is 0 Å². The molecule has 1 aromatic rings. The van der Waals surface area contributed by atoms with Gasteiger partial charge >= 0.3 is 0 Å². The molecule has 14 heavy (non-hydrogen) atoms. The first kappa shape index (κ1) is 9.72. The van der Waals surface area contributed by atoms with Gasteiger partial charge in [-0.1, -0.05) is 11.8 Å². The van der Waals surface area contributed by atoms with Crippen molar-refractivity contribution in [3.8, 4) is 11.8 Å². The zero-order chi connectivity index (χ0) is 9.80. The molecule has 0 saturated carbocycles. The van der Waals surface area contributed by atoms with Crippen LogP contribution in [-0.2, 0) is 6.54 Å². The molecule has 1 aliphatic rings. The van der Waals surface area contributed by atoms with E-state index in [2.05, 4.69) is 28.2 Å². The van der Waals surface area contributed by atoms with Crippen LogP contribution in [0.25, 0.3) is 0 Å². The molecule has 3 heteroatoms. The Hall–Kier alpha value is -0.820. The molecular weight excluding hydrogens is 192 g/mol. The fraction of sp³-hybridized carbons (Fsp3) is 0.455. The number of hydrogen-bond acceptors (Lipinski definition) is 3. The number of likely N-dealkylation sites (tertiary alicyclic amines) is 1. The van der Waals surface area contributed by atoms with Crippen molar-refractivity contribution in [2.45, 2.75) is 13.0 Å². The average Bonchev–Trinajstić information content (AvgIpc) is 2.56. The fourth-order valence-electron chi connectivity index (χ4n) is 1.44. The van der Waals surface area contributed by atoms with Crippen LogP contribution in [0.4, 0.5) is 0 Å². The highest BCUT2D eigenvalue weighted by Crippen LogP contribution is 2.18. The van der Waals surface area contributed by atoms with E-state index < -0.39 is 0 Å². The quantitative estimate of drug-likeness (QED) is 0.738. The zero-order valence-corrected chi connectivity index (χ0v) is 8.94. The normalized spacial score (nSPS) is 15.8. The summed E-state index contributed by atoms with van der Waals surface area (Å²) in [5.41, 5.74) is 6.42. The second-order valence-corrected chi connectivity index (χ2v) is 4.43. The number of thiophene rings is 1. The Kier molecular flexibility index (Phi) is 3.20. The van der Waals surface area contributed by atoms with Crippen LogP contribution in [0.2, 0.25) is 0 Å². The Morgan fingerprint density at radius 2 is 2.36 bits per heavy atom. The molecule has 1 saturated heterocycles. The van der Waals surface area contributed by atoms with Crippen LogP contribution in [0.15, 0.2) is 11.4 Å². The van der Waals surface area contributed by atoms with Gasteiger partial charge in [-0.05, 0) is 25.6 Å². The molecule has 1 aliphatic heterocycles. The zero-order valence-electron chi connectivity index (χ0n) is 8.12. The van der Waals surface area contributed by atoms with Crippen molar-refractivity contribution in [3.05, 3.63) is 21.9 Å². The molecule has 0 bridgehead atoms. The standard InChI is InChI=1S/C11H14N2S/c12-4-1-3-10-7-11(14-9-10)8-13-5-2-6-13/h7,9H,2,4-6,8,12H2. The Morgan fingerprint density at radius 1 is 1.50 bits per heavy atom. The van der Waals surface area contributed by atoms with Gasteiger partial charge < -0.3 is 5.73 Å². The summed E-state index contributed by atoms with van der Waals surface area (Å²) in [4.78, 5) is 3.86. The monoisotopic (exact) mass is 206 g/mol. The molecule has 1 aromatic heterocycles. The van der Waals surface area contributed by atoms with Gasteiger partial charge in [-0.2, -0.15) is 0 Å². The van der Waals surface area contributed by atoms with Crippen LogP contribution in [0.5, 0.6) is 0 Å². The van der Waals surface area contributed by atoms with Gasteiger partial charge in [0.25, 0.3) is 0 Å². The van der Waals surface area contributed by atoms with E-state index in [1.165, 1.54) is 24.4 Å². The third kappa shape index (κ3) is 2.36. The largest absolute Gasteiger partial charge is 0.320 e. The number of nitrogens with zero attached hydrogens (tertiary/aromatic N) is 1. The molecule has 0 spiro atoms. The summed E-state index contributed by atoms with van der Waals surface area (Å²) < 4.78 is 0. The summed E-state index contributed by atoms with van der Waals surface area (Å²) in [6, 6.07) is 2.17. The second-order valence-electron chi connectivity index (χ2n) is 3.44. The molecule has 0 aliphatic carbocycles. The minimum Gasteiger partial charge on any atom is -0.320 e. The molecule has 2 N–H and O–H groups in total. The van der Waals surface area contributed by atoms with Gasteiger partial charge in [0.2, 0.25) is 0 Å². The summed E-state index contributed by atoms with van der Waals surface area (Å²) in [5, 5.41) is 2.11. The Balaban J connectivity index is 1.94. The van der Waals surface area contributed by atoms with Gasteiger partial charge in [-0.15, -0.1) is 11.3 Å². The van der Waals surface area contributed by atoms with Crippen molar-refractivity contribution >= 4 is 11.3 Å². The lowest BCUT2D eigenvalue weighted by atomic mass is 10.2.